The molecule has 0 aromatic heterocycles. The van der Waals surface area contributed by atoms with Crippen LogP contribution in [0.25, 0.3) is 0 Å². The fraction of sp³-hybridized carbons (Fsp3) is 0.500. The molecule has 0 saturated carbocycles. The first-order valence-electron chi connectivity index (χ1n) is 3.80. The van der Waals surface area contributed by atoms with Crippen molar-refractivity contribution in [2.45, 2.75) is 27.7 Å². The van der Waals surface area contributed by atoms with Crippen molar-refractivity contribution in [1.82, 2.24) is 0 Å². The molecule has 0 aliphatic heterocycles. The molecule has 0 aliphatic rings. The lowest BCUT2D eigenvalue weighted by atomic mass is 9.88. The van der Waals surface area contributed by atoms with Gasteiger partial charge in [0.2, 0.25) is 0 Å². The number of rotatable bonds is 2. The predicted octanol–water partition coefficient (Wildman–Crippen LogP) is 3.87. The highest BCUT2D eigenvalue weighted by atomic mass is 31.1. The van der Waals surface area contributed by atoms with Gasteiger partial charge in [-0.25, -0.2) is 0 Å². The molecule has 0 spiro atoms. The highest BCUT2D eigenvalue weighted by Crippen LogP contribution is 2.23. The number of hydrogen-bond donors (Lipinski definition) is 0. The zero-order valence-corrected chi connectivity index (χ0v) is 8.78. The van der Waals surface area contributed by atoms with E-state index in [9.17, 15) is 0 Å². The van der Waals surface area contributed by atoms with E-state index in [4.69, 9.17) is 0 Å². The van der Waals surface area contributed by atoms with Crippen LogP contribution in [0.3, 0.4) is 0 Å². The predicted molar refractivity (Wildman–Crippen MR) is 56.4 cm³/mol. The molecule has 11 heavy (non-hydrogen) atoms. The van der Waals surface area contributed by atoms with Gasteiger partial charge in [-0.05, 0) is 24.0 Å². The van der Waals surface area contributed by atoms with Crippen LogP contribution < -0.4 is 0 Å². The van der Waals surface area contributed by atoms with Gasteiger partial charge in [-0.15, -0.1) is 0 Å². The first kappa shape index (κ1) is 10.7. The van der Waals surface area contributed by atoms with Crippen molar-refractivity contribution in [3.63, 3.8) is 0 Å². The van der Waals surface area contributed by atoms with Crippen LogP contribution >= 0.6 is 8.20 Å². The standard InChI is InChI=1S/C10H17P/c1-6-11-8-7-9(2)10(3,4)5/h6-8H,1H2,2-5H3/b9-7+. The highest BCUT2D eigenvalue weighted by molar-refractivity contribution is 7.42. The smallest absolute Gasteiger partial charge is 0.0173 e. The third kappa shape index (κ3) is 4.98. The van der Waals surface area contributed by atoms with Crippen LogP contribution in [0.15, 0.2) is 24.0 Å². The average Bonchev–Trinajstić information content (AvgIpc) is 1.86. The summed E-state index contributed by atoms with van der Waals surface area (Å²) in [5, 5.41) is 0. The van der Waals surface area contributed by atoms with Crippen molar-refractivity contribution in [3.05, 3.63) is 24.0 Å². The molecule has 0 N–H and O–H groups in total. The second-order valence-corrected chi connectivity index (χ2v) is 4.54. The molecule has 0 saturated heterocycles. The van der Waals surface area contributed by atoms with Crippen LogP contribution in [0, 0.1) is 5.41 Å². The number of allylic oxidation sites excluding steroid dienone is 2. The van der Waals surface area contributed by atoms with Gasteiger partial charge >= 0.3 is 0 Å². The molecule has 0 nitrogen and oxygen atoms in total. The van der Waals surface area contributed by atoms with Gasteiger partial charge < -0.3 is 0 Å². The molecule has 0 heterocycles. The number of hydrogen-bond acceptors (Lipinski definition) is 0. The summed E-state index contributed by atoms with van der Waals surface area (Å²) in [4.78, 5) is 0. The fourth-order valence-corrected chi connectivity index (χ4v) is 0.897. The molecule has 0 aromatic rings. The summed E-state index contributed by atoms with van der Waals surface area (Å²) in [6.45, 7) is 12.5. The van der Waals surface area contributed by atoms with Crippen LogP contribution in [0.2, 0.25) is 0 Å². The Hall–Kier alpha value is -0.350. The Bertz CT molecular complexity index is 180. The third-order valence-corrected chi connectivity index (χ3v) is 2.23. The Labute approximate surface area is 71.8 Å². The molecule has 0 aromatic carbocycles. The lowest BCUT2D eigenvalue weighted by Crippen LogP contribution is -2.06. The van der Waals surface area contributed by atoms with E-state index in [1.54, 1.807) is 0 Å². The van der Waals surface area contributed by atoms with Crippen molar-refractivity contribution in [2.24, 2.45) is 5.41 Å². The van der Waals surface area contributed by atoms with Crippen LogP contribution in [0.4, 0.5) is 0 Å². The Morgan fingerprint density at radius 1 is 1.36 bits per heavy atom. The van der Waals surface area contributed by atoms with Gasteiger partial charge in [0.1, 0.15) is 0 Å². The Morgan fingerprint density at radius 3 is 2.27 bits per heavy atom. The second kappa shape index (κ2) is 4.51. The summed E-state index contributed by atoms with van der Waals surface area (Å²) in [5.74, 6) is 4.00. The molecule has 62 valence electrons. The molecule has 1 heteroatoms. The zero-order chi connectivity index (χ0) is 8.91. The molecule has 0 bridgehead atoms. The zero-order valence-electron chi connectivity index (χ0n) is 7.89. The summed E-state index contributed by atoms with van der Waals surface area (Å²) >= 11 is 0. The third-order valence-electron chi connectivity index (χ3n) is 1.70. The Kier molecular flexibility index (Phi) is 4.37. The molecular weight excluding hydrogens is 151 g/mol. The summed E-state index contributed by atoms with van der Waals surface area (Å²) in [6, 6.07) is 0. The van der Waals surface area contributed by atoms with E-state index in [2.05, 4.69) is 46.1 Å². The summed E-state index contributed by atoms with van der Waals surface area (Å²) in [7, 11) is 1.18. The maximum absolute atomic E-state index is 3.65. The van der Waals surface area contributed by atoms with E-state index in [0.29, 0.717) is 5.41 Å². The van der Waals surface area contributed by atoms with Crippen molar-refractivity contribution in [3.8, 4) is 0 Å². The Balaban J connectivity index is 4.23. The van der Waals surface area contributed by atoms with Gasteiger partial charge in [0.25, 0.3) is 0 Å². The van der Waals surface area contributed by atoms with Gasteiger partial charge in [0.15, 0.2) is 0 Å². The van der Waals surface area contributed by atoms with Crippen LogP contribution in [-0.4, -0.2) is 5.80 Å². The summed E-state index contributed by atoms with van der Waals surface area (Å²) in [6.07, 6.45) is 2.17. The molecule has 0 atom stereocenters. The minimum Gasteiger partial charge on any atom is -0.0945 e. The summed E-state index contributed by atoms with van der Waals surface area (Å²) < 4.78 is 0. The van der Waals surface area contributed by atoms with Gasteiger partial charge in [-0.1, -0.05) is 47.2 Å². The molecule has 0 radical (unpaired) electrons. The van der Waals surface area contributed by atoms with Crippen LogP contribution in [0.1, 0.15) is 27.7 Å². The van der Waals surface area contributed by atoms with Crippen LogP contribution in [-0.2, 0) is 0 Å². The molecule has 0 amide bonds. The van der Waals surface area contributed by atoms with E-state index in [0.717, 1.165) is 0 Å². The van der Waals surface area contributed by atoms with E-state index in [1.807, 2.05) is 5.82 Å². The van der Waals surface area contributed by atoms with Crippen molar-refractivity contribution in [1.29, 1.82) is 0 Å². The van der Waals surface area contributed by atoms with Gasteiger partial charge in [0.05, 0.1) is 0 Å². The minimum atomic E-state index is 0.299. The first-order valence-corrected chi connectivity index (χ1v) is 4.83. The van der Waals surface area contributed by atoms with E-state index >= 15 is 0 Å². The largest absolute Gasteiger partial charge is 0.0945 e. The van der Waals surface area contributed by atoms with E-state index < -0.39 is 0 Å². The first-order chi connectivity index (χ1) is 4.98. The monoisotopic (exact) mass is 168 g/mol. The van der Waals surface area contributed by atoms with Crippen molar-refractivity contribution in [2.75, 3.05) is 0 Å². The minimum absolute atomic E-state index is 0.299. The van der Waals surface area contributed by atoms with Gasteiger partial charge in [0, 0.05) is 0 Å². The fourth-order valence-electron chi connectivity index (χ4n) is 0.466. The second-order valence-electron chi connectivity index (χ2n) is 3.58. The lowest BCUT2D eigenvalue weighted by Gasteiger charge is -2.18. The topological polar surface area (TPSA) is 0 Å². The van der Waals surface area contributed by atoms with Crippen molar-refractivity contribution < 1.29 is 0 Å². The quantitative estimate of drug-likeness (QED) is 0.549. The maximum atomic E-state index is 3.65. The molecule has 0 unspecified atom stereocenters. The highest BCUT2D eigenvalue weighted by Gasteiger charge is 2.10. The summed E-state index contributed by atoms with van der Waals surface area (Å²) in [5.41, 5.74) is 1.71. The maximum Gasteiger partial charge on any atom is -0.0173 e. The lowest BCUT2D eigenvalue weighted by molar-refractivity contribution is 0.505. The molecular formula is C10H17P. The SMILES string of the molecule is C=CP=C/C=C(\C)C(C)(C)C. The van der Waals surface area contributed by atoms with Crippen molar-refractivity contribution >= 4 is 14.0 Å². The van der Waals surface area contributed by atoms with Gasteiger partial charge in [-0.2, -0.15) is 0 Å². The van der Waals surface area contributed by atoms with E-state index in [-0.39, 0.29) is 0 Å². The van der Waals surface area contributed by atoms with Crippen LogP contribution in [0.5, 0.6) is 0 Å². The average molecular weight is 168 g/mol. The molecule has 0 rings (SSSR count). The van der Waals surface area contributed by atoms with Gasteiger partial charge in [-0.3, -0.25) is 0 Å². The Morgan fingerprint density at radius 2 is 1.91 bits per heavy atom. The molecule has 0 aliphatic carbocycles. The van der Waals surface area contributed by atoms with E-state index in [1.165, 1.54) is 13.8 Å². The normalized spacial score (nSPS) is 14.0. The molecule has 0 fully saturated rings.